The zero-order valence-corrected chi connectivity index (χ0v) is 14.7. The Balaban J connectivity index is 1.85. The molecule has 1 atom stereocenters. The minimum Gasteiger partial charge on any atom is -0.399 e. The van der Waals surface area contributed by atoms with E-state index in [0.717, 1.165) is 16.2 Å². The Bertz CT molecular complexity index is 833. The van der Waals surface area contributed by atoms with Gasteiger partial charge in [0.15, 0.2) is 5.13 Å². The molecular formula is C18H17N3OS2. The van der Waals surface area contributed by atoms with Gasteiger partial charge in [-0.05, 0) is 30.7 Å². The van der Waals surface area contributed by atoms with Crippen LogP contribution in [0.3, 0.4) is 0 Å². The number of carbonyl (C=O) groups is 1. The van der Waals surface area contributed by atoms with Crippen LogP contribution in [0.1, 0.15) is 16.5 Å². The van der Waals surface area contributed by atoms with Gasteiger partial charge in [0, 0.05) is 16.0 Å². The SMILES string of the molecule is Cc1csc(NC(=O)C(Sc2cccc(N)c2)c2ccccc2)n1. The number of hydrogen-bond donors (Lipinski definition) is 2. The number of rotatable bonds is 5. The highest BCUT2D eigenvalue weighted by Crippen LogP contribution is 2.37. The lowest BCUT2D eigenvalue weighted by Gasteiger charge is -2.16. The van der Waals surface area contributed by atoms with Gasteiger partial charge in [-0.2, -0.15) is 0 Å². The zero-order valence-electron chi connectivity index (χ0n) is 13.1. The Hall–Kier alpha value is -2.31. The van der Waals surface area contributed by atoms with Crippen LogP contribution in [0.5, 0.6) is 0 Å². The summed E-state index contributed by atoms with van der Waals surface area (Å²) in [7, 11) is 0. The van der Waals surface area contributed by atoms with Crippen molar-refractivity contribution >= 4 is 39.8 Å². The van der Waals surface area contributed by atoms with Crippen molar-refractivity contribution in [3.8, 4) is 0 Å². The third-order valence-electron chi connectivity index (χ3n) is 3.30. The summed E-state index contributed by atoms with van der Waals surface area (Å²) in [4.78, 5) is 18.1. The van der Waals surface area contributed by atoms with Gasteiger partial charge >= 0.3 is 0 Å². The van der Waals surface area contributed by atoms with Crippen molar-refractivity contribution in [1.82, 2.24) is 4.98 Å². The normalized spacial score (nSPS) is 11.9. The van der Waals surface area contributed by atoms with Crippen molar-refractivity contribution in [2.45, 2.75) is 17.1 Å². The smallest absolute Gasteiger partial charge is 0.244 e. The predicted molar refractivity (Wildman–Crippen MR) is 101 cm³/mol. The van der Waals surface area contributed by atoms with Crippen LogP contribution in [0.15, 0.2) is 64.9 Å². The molecule has 6 heteroatoms. The van der Waals surface area contributed by atoms with Crippen LogP contribution in [0.2, 0.25) is 0 Å². The molecule has 0 aliphatic carbocycles. The molecule has 0 saturated heterocycles. The third-order valence-corrected chi connectivity index (χ3v) is 5.43. The fraction of sp³-hybridized carbons (Fsp3) is 0.111. The number of nitrogens with zero attached hydrogens (tertiary/aromatic N) is 1. The van der Waals surface area contributed by atoms with Crippen molar-refractivity contribution in [3.63, 3.8) is 0 Å². The van der Waals surface area contributed by atoms with E-state index in [-0.39, 0.29) is 11.2 Å². The molecule has 0 fully saturated rings. The summed E-state index contributed by atoms with van der Waals surface area (Å²) in [5.74, 6) is -0.0945. The third kappa shape index (κ3) is 4.15. The van der Waals surface area contributed by atoms with Gasteiger partial charge in [0.1, 0.15) is 5.25 Å². The summed E-state index contributed by atoms with van der Waals surface area (Å²) < 4.78 is 0. The quantitative estimate of drug-likeness (QED) is 0.522. The number of carbonyl (C=O) groups excluding carboxylic acids is 1. The Labute approximate surface area is 149 Å². The molecule has 0 aliphatic heterocycles. The maximum absolute atomic E-state index is 12.8. The molecule has 24 heavy (non-hydrogen) atoms. The summed E-state index contributed by atoms with van der Waals surface area (Å²) in [6, 6.07) is 17.3. The molecule has 3 aromatic rings. The number of hydrogen-bond acceptors (Lipinski definition) is 5. The minimum atomic E-state index is -0.378. The van der Waals surface area contributed by atoms with Crippen LogP contribution < -0.4 is 11.1 Å². The number of benzene rings is 2. The second-order valence-corrected chi connectivity index (χ2v) is 7.30. The van der Waals surface area contributed by atoms with Gasteiger partial charge < -0.3 is 11.1 Å². The molecule has 2 aromatic carbocycles. The lowest BCUT2D eigenvalue weighted by Crippen LogP contribution is -2.19. The number of aryl methyl sites for hydroxylation is 1. The number of thioether (sulfide) groups is 1. The van der Waals surface area contributed by atoms with Gasteiger partial charge in [-0.3, -0.25) is 4.79 Å². The second-order valence-electron chi connectivity index (χ2n) is 5.26. The van der Waals surface area contributed by atoms with Crippen LogP contribution in [0, 0.1) is 6.92 Å². The van der Waals surface area contributed by atoms with E-state index in [9.17, 15) is 4.79 Å². The first-order valence-corrected chi connectivity index (χ1v) is 9.18. The Morgan fingerprint density at radius 3 is 2.67 bits per heavy atom. The first-order chi connectivity index (χ1) is 11.6. The molecule has 122 valence electrons. The van der Waals surface area contributed by atoms with Crippen molar-refractivity contribution in [1.29, 1.82) is 0 Å². The Morgan fingerprint density at radius 1 is 1.21 bits per heavy atom. The Kier molecular flexibility index (Phi) is 5.17. The number of nitrogen functional groups attached to an aromatic ring is 1. The van der Waals surface area contributed by atoms with Gasteiger partial charge in [0.2, 0.25) is 5.91 Å². The first-order valence-electron chi connectivity index (χ1n) is 7.42. The fourth-order valence-corrected chi connectivity index (χ4v) is 3.99. The van der Waals surface area contributed by atoms with E-state index >= 15 is 0 Å². The minimum absolute atomic E-state index is 0.0945. The highest BCUT2D eigenvalue weighted by Gasteiger charge is 2.23. The number of nitrogens with one attached hydrogen (secondary N) is 1. The van der Waals surface area contributed by atoms with Crippen molar-refractivity contribution in [2.75, 3.05) is 11.1 Å². The Morgan fingerprint density at radius 2 is 2.00 bits per heavy atom. The summed E-state index contributed by atoms with van der Waals surface area (Å²) in [6.45, 7) is 1.91. The fourth-order valence-electron chi connectivity index (χ4n) is 2.21. The predicted octanol–water partition coefficient (Wildman–Crippen LogP) is 4.51. The highest BCUT2D eigenvalue weighted by atomic mass is 32.2. The summed E-state index contributed by atoms with van der Waals surface area (Å²) in [6.07, 6.45) is 0. The standard InChI is InChI=1S/C18H17N3OS2/c1-12-11-23-18(20-12)21-17(22)16(13-6-3-2-4-7-13)24-15-9-5-8-14(19)10-15/h2-11,16H,19H2,1H3,(H,20,21,22). The van der Waals surface area contributed by atoms with Crippen LogP contribution in [-0.2, 0) is 4.79 Å². The topological polar surface area (TPSA) is 68.0 Å². The number of thiazole rings is 1. The molecule has 0 saturated carbocycles. The van der Waals surface area contributed by atoms with Gasteiger partial charge in [-0.25, -0.2) is 4.98 Å². The van der Waals surface area contributed by atoms with Crippen molar-refractivity contribution in [3.05, 3.63) is 71.2 Å². The average molecular weight is 355 g/mol. The number of aromatic nitrogens is 1. The van der Waals surface area contributed by atoms with E-state index in [1.165, 1.54) is 23.1 Å². The molecule has 4 nitrogen and oxygen atoms in total. The van der Waals surface area contributed by atoms with E-state index in [1.54, 1.807) is 0 Å². The maximum atomic E-state index is 12.8. The molecule has 0 spiro atoms. The first kappa shape index (κ1) is 16.5. The molecule has 3 N–H and O–H groups in total. The van der Waals surface area contributed by atoms with Gasteiger partial charge in [-0.15, -0.1) is 23.1 Å². The molecule has 0 radical (unpaired) electrons. The van der Waals surface area contributed by atoms with E-state index < -0.39 is 0 Å². The summed E-state index contributed by atoms with van der Waals surface area (Å²) in [5, 5.41) is 5.07. The van der Waals surface area contributed by atoms with E-state index in [2.05, 4.69) is 10.3 Å². The monoisotopic (exact) mass is 355 g/mol. The molecule has 0 aliphatic rings. The van der Waals surface area contributed by atoms with E-state index in [0.29, 0.717) is 10.8 Å². The van der Waals surface area contributed by atoms with Gasteiger partial charge in [0.25, 0.3) is 0 Å². The molecule has 1 amide bonds. The lowest BCUT2D eigenvalue weighted by molar-refractivity contribution is -0.115. The second kappa shape index (κ2) is 7.51. The molecule has 1 aromatic heterocycles. The van der Waals surface area contributed by atoms with Crippen LogP contribution >= 0.6 is 23.1 Å². The molecule has 0 bridgehead atoms. The van der Waals surface area contributed by atoms with Gasteiger partial charge in [-0.1, -0.05) is 36.4 Å². The molecule has 3 rings (SSSR count). The lowest BCUT2D eigenvalue weighted by atomic mass is 10.1. The van der Waals surface area contributed by atoms with Crippen molar-refractivity contribution in [2.24, 2.45) is 0 Å². The van der Waals surface area contributed by atoms with Gasteiger partial charge in [0.05, 0.1) is 5.69 Å². The van der Waals surface area contributed by atoms with Crippen molar-refractivity contribution < 1.29 is 4.79 Å². The molecule has 1 unspecified atom stereocenters. The zero-order chi connectivity index (χ0) is 16.9. The average Bonchev–Trinajstić information content (AvgIpc) is 2.98. The van der Waals surface area contributed by atoms with Crippen LogP contribution in [-0.4, -0.2) is 10.9 Å². The van der Waals surface area contributed by atoms with Crippen LogP contribution in [0.25, 0.3) is 0 Å². The van der Waals surface area contributed by atoms with E-state index in [1.807, 2.05) is 66.9 Å². The number of anilines is 2. The summed E-state index contributed by atoms with van der Waals surface area (Å²) >= 11 is 2.90. The summed E-state index contributed by atoms with van der Waals surface area (Å²) in [5.41, 5.74) is 8.37. The molecule has 1 heterocycles. The van der Waals surface area contributed by atoms with E-state index in [4.69, 9.17) is 5.73 Å². The number of amides is 1. The maximum Gasteiger partial charge on any atom is 0.244 e. The molecular weight excluding hydrogens is 338 g/mol. The van der Waals surface area contributed by atoms with Crippen LogP contribution in [0.4, 0.5) is 10.8 Å². The number of nitrogens with two attached hydrogens (primary N) is 1. The highest BCUT2D eigenvalue weighted by molar-refractivity contribution is 8.00. The largest absolute Gasteiger partial charge is 0.399 e.